The number of aliphatic hydroxyl groups excluding tert-OH is 1. The summed E-state index contributed by atoms with van der Waals surface area (Å²) < 4.78 is 26.9. The van der Waals surface area contributed by atoms with E-state index in [0.29, 0.717) is 22.6 Å². The van der Waals surface area contributed by atoms with Crippen LogP contribution in [0.5, 0.6) is 0 Å². The second kappa shape index (κ2) is 6.50. The summed E-state index contributed by atoms with van der Waals surface area (Å²) >= 11 is 0. The van der Waals surface area contributed by atoms with Crippen LogP contribution in [0.2, 0.25) is 0 Å². The molecule has 0 aliphatic heterocycles. The van der Waals surface area contributed by atoms with Crippen molar-refractivity contribution in [3.8, 4) is 0 Å². The quantitative estimate of drug-likeness (QED) is 0.872. The van der Waals surface area contributed by atoms with Crippen molar-refractivity contribution in [1.29, 1.82) is 0 Å². The van der Waals surface area contributed by atoms with Gasteiger partial charge in [-0.1, -0.05) is 19.1 Å². The van der Waals surface area contributed by atoms with Gasteiger partial charge < -0.3 is 5.11 Å². The normalized spacial score (nSPS) is 12.4. The molecule has 0 fully saturated rings. The lowest BCUT2D eigenvalue weighted by Crippen LogP contribution is -2.37. The van der Waals surface area contributed by atoms with Gasteiger partial charge in [0.15, 0.2) is 0 Å². The summed E-state index contributed by atoms with van der Waals surface area (Å²) in [4.78, 5) is 0.293. The Labute approximate surface area is 116 Å². The maximum Gasteiger partial charge on any atom is 0.243 e. The summed E-state index contributed by atoms with van der Waals surface area (Å²) in [6.07, 6.45) is 0.774. The lowest BCUT2D eigenvalue weighted by molar-refractivity contribution is 0.281. The number of aliphatic hydroxyl groups is 1. The van der Waals surface area contributed by atoms with Crippen molar-refractivity contribution < 1.29 is 13.5 Å². The molecular weight excluding hydrogens is 262 g/mol. The van der Waals surface area contributed by atoms with Crippen molar-refractivity contribution in [2.24, 2.45) is 0 Å². The second-order valence-corrected chi connectivity index (χ2v) is 6.83. The molecule has 108 valence electrons. The van der Waals surface area contributed by atoms with Gasteiger partial charge in [-0.2, -0.15) is 4.31 Å². The lowest BCUT2D eigenvalue weighted by atomic mass is 10.2. The van der Waals surface area contributed by atoms with Crippen LogP contribution < -0.4 is 0 Å². The van der Waals surface area contributed by atoms with Gasteiger partial charge in [-0.3, -0.25) is 0 Å². The first kappa shape index (κ1) is 16.1. The predicted molar refractivity (Wildman–Crippen MR) is 76.4 cm³/mol. The van der Waals surface area contributed by atoms with Gasteiger partial charge >= 0.3 is 0 Å². The summed E-state index contributed by atoms with van der Waals surface area (Å²) in [5, 5.41) is 9.16. The smallest absolute Gasteiger partial charge is 0.243 e. The largest absolute Gasteiger partial charge is 0.392 e. The Morgan fingerprint density at radius 2 is 1.95 bits per heavy atom. The van der Waals surface area contributed by atoms with E-state index in [2.05, 4.69) is 0 Å². The highest BCUT2D eigenvalue weighted by molar-refractivity contribution is 7.89. The lowest BCUT2D eigenvalue weighted by Gasteiger charge is -2.26. The molecule has 0 amide bonds. The topological polar surface area (TPSA) is 57.6 Å². The van der Waals surface area contributed by atoms with E-state index in [9.17, 15) is 8.42 Å². The first-order valence-electron chi connectivity index (χ1n) is 6.56. The molecule has 1 aromatic rings. The third-order valence-electron chi connectivity index (χ3n) is 3.04. The molecule has 19 heavy (non-hydrogen) atoms. The van der Waals surface area contributed by atoms with Gasteiger partial charge in [0.05, 0.1) is 11.5 Å². The van der Waals surface area contributed by atoms with Gasteiger partial charge in [-0.15, -0.1) is 0 Å². The molecule has 0 radical (unpaired) electrons. The molecule has 0 unspecified atom stereocenters. The van der Waals surface area contributed by atoms with Crippen LogP contribution in [-0.4, -0.2) is 30.4 Å². The summed E-state index contributed by atoms with van der Waals surface area (Å²) in [5.41, 5.74) is 1.32. The third-order valence-corrected chi connectivity index (χ3v) is 5.26. The zero-order valence-electron chi connectivity index (χ0n) is 12.0. The Morgan fingerprint density at radius 1 is 1.32 bits per heavy atom. The minimum atomic E-state index is -3.50. The van der Waals surface area contributed by atoms with Crippen molar-refractivity contribution in [3.63, 3.8) is 0 Å². The highest BCUT2D eigenvalue weighted by Gasteiger charge is 2.27. The minimum Gasteiger partial charge on any atom is -0.392 e. The van der Waals surface area contributed by atoms with Crippen LogP contribution in [-0.2, 0) is 16.6 Å². The van der Waals surface area contributed by atoms with E-state index >= 15 is 0 Å². The van der Waals surface area contributed by atoms with Crippen LogP contribution in [0.15, 0.2) is 23.1 Å². The number of sulfonamides is 1. The number of nitrogens with zero attached hydrogens (tertiary/aromatic N) is 1. The van der Waals surface area contributed by atoms with Crippen molar-refractivity contribution in [2.75, 3.05) is 6.54 Å². The first-order valence-corrected chi connectivity index (χ1v) is 8.00. The molecule has 0 atom stereocenters. The molecule has 0 spiro atoms. The Bertz CT molecular complexity index is 523. The number of rotatable bonds is 6. The third kappa shape index (κ3) is 3.55. The summed E-state index contributed by atoms with van der Waals surface area (Å²) in [7, 11) is -3.50. The Morgan fingerprint density at radius 3 is 2.42 bits per heavy atom. The van der Waals surface area contributed by atoms with E-state index in [1.807, 2.05) is 20.8 Å². The van der Waals surface area contributed by atoms with Gasteiger partial charge in [-0.05, 0) is 44.4 Å². The second-order valence-electron chi connectivity index (χ2n) is 4.97. The van der Waals surface area contributed by atoms with Gasteiger partial charge in [0.2, 0.25) is 10.0 Å². The first-order chi connectivity index (χ1) is 8.84. The average Bonchev–Trinajstić information content (AvgIpc) is 2.35. The number of benzene rings is 1. The monoisotopic (exact) mass is 285 g/mol. The van der Waals surface area contributed by atoms with Crippen LogP contribution in [0.25, 0.3) is 0 Å². The van der Waals surface area contributed by atoms with Crippen LogP contribution in [0.1, 0.15) is 38.3 Å². The van der Waals surface area contributed by atoms with Crippen LogP contribution in [0.4, 0.5) is 0 Å². The van der Waals surface area contributed by atoms with Crippen molar-refractivity contribution >= 4 is 10.0 Å². The molecular formula is C14H23NO3S. The maximum atomic E-state index is 12.7. The van der Waals surface area contributed by atoms with Gasteiger partial charge in [0, 0.05) is 12.6 Å². The van der Waals surface area contributed by atoms with Crippen LogP contribution in [0, 0.1) is 6.92 Å². The van der Waals surface area contributed by atoms with E-state index in [1.165, 1.54) is 4.31 Å². The molecule has 0 bridgehead atoms. The number of hydrogen-bond acceptors (Lipinski definition) is 3. The van der Waals surface area contributed by atoms with Crippen molar-refractivity contribution in [3.05, 3.63) is 29.3 Å². The van der Waals surface area contributed by atoms with E-state index in [4.69, 9.17) is 5.11 Å². The van der Waals surface area contributed by atoms with Crippen molar-refractivity contribution in [2.45, 2.75) is 51.7 Å². The molecule has 1 aromatic carbocycles. The maximum absolute atomic E-state index is 12.7. The molecule has 0 saturated heterocycles. The van der Waals surface area contributed by atoms with E-state index < -0.39 is 10.0 Å². The van der Waals surface area contributed by atoms with E-state index in [0.717, 1.165) is 6.42 Å². The molecule has 1 N–H and O–H groups in total. The SMILES string of the molecule is CCCN(C(C)C)S(=O)(=O)c1cc(CO)ccc1C. The summed E-state index contributed by atoms with van der Waals surface area (Å²) in [6, 6.07) is 4.97. The predicted octanol–water partition coefficient (Wildman–Crippen LogP) is 2.30. The van der Waals surface area contributed by atoms with Gasteiger partial charge in [-0.25, -0.2) is 8.42 Å². The molecule has 5 heteroatoms. The zero-order valence-corrected chi connectivity index (χ0v) is 12.9. The fraction of sp³-hybridized carbons (Fsp3) is 0.571. The van der Waals surface area contributed by atoms with Crippen molar-refractivity contribution in [1.82, 2.24) is 4.31 Å². The Kier molecular flexibility index (Phi) is 5.52. The van der Waals surface area contributed by atoms with Crippen LogP contribution >= 0.6 is 0 Å². The standard InChI is InChI=1S/C14H23NO3S/c1-5-8-15(11(2)3)19(17,18)14-9-13(10-16)7-6-12(14)4/h6-7,9,11,16H,5,8,10H2,1-4H3. The molecule has 0 heterocycles. The fourth-order valence-corrected chi connectivity index (χ4v) is 4.03. The summed E-state index contributed by atoms with van der Waals surface area (Å²) in [5.74, 6) is 0. The molecule has 0 aliphatic rings. The molecule has 1 rings (SSSR count). The minimum absolute atomic E-state index is 0.0814. The molecule has 4 nitrogen and oxygen atoms in total. The molecule has 0 aromatic heterocycles. The number of aryl methyl sites for hydroxylation is 1. The molecule has 0 saturated carbocycles. The average molecular weight is 285 g/mol. The fourth-order valence-electron chi connectivity index (χ4n) is 2.02. The summed E-state index contributed by atoms with van der Waals surface area (Å²) in [6.45, 7) is 7.83. The zero-order chi connectivity index (χ0) is 14.6. The van der Waals surface area contributed by atoms with Gasteiger partial charge in [0.1, 0.15) is 0 Å². The van der Waals surface area contributed by atoms with E-state index in [1.54, 1.807) is 25.1 Å². The van der Waals surface area contributed by atoms with E-state index in [-0.39, 0.29) is 12.6 Å². The highest BCUT2D eigenvalue weighted by atomic mass is 32.2. The highest BCUT2D eigenvalue weighted by Crippen LogP contribution is 2.23. The Hall–Kier alpha value is -0.910. The van der Waals surface area contributed by atoms with Crippen LogP contribution in [0.3, 0.4) is 0 Å². The Balaban J connectivity index is 3.32. The molecule has 0 aliphatic carbocycles. The van der Waals surface area contributed by atoms with Gasteiger partial charge in [0.25, 0.3) is 0 Å². The number of hydrogen-bond donors (Lipinski definition) is 1.